The van der Waals surface area contributed by atoms with E-state index in [2.05, 4.69) is 42.3 Å². The molecule has 18 heavy (non-hydrogen) atoms. The van der Waals surface area contributed by atoms with E-state index < -0.39 is 0 Å². The molecule has 0 rings (SSSR count). The lowest BCUT2D eigenvalue weighted by atomic mass is 10.1. The molecular formula is C12H34Cl3N3. The fraction of sp³-hybridized carbons (Fsp3) is 1.00. The second-order valence-corrected chi connectivity index (χ2v) is 6.44. The minimum atomic E-state index is 0. The summed E-state index contributed by atoms with van der Waals surface area (Å²) in [5.74, 6) is 0. The van der Waals surface area contributed by atoms with Gasteiger partial charge in [-0.2, -0.15) is 0 Å². The van der Waals surface area contributed by atoms with Crippen molar-refractivity contribution < 1.29 is 33.8 Å². The van der Waals surface area contributed by atoms with Crippen LogP contribution in [-0.2, 0) is 0 Å². The maximum atomic E-state index is 2.27. The molecule has 0 aliphatic rings. The molecule has 0 radical (unpaired) electrons. The molecule has 0 bridgehead atoms. The van der Waals surface area contributed by atoms with Crippen molar-refractivity contribution in [2.24, 2.45) is 0 Å². The van der Waals surface area contributed by atoms with E-state index >= 15 is 0 Å². The van der Waals surface area contributed by atoms with Crippen molar-refractivity contribution in [1.82, 2.24) is 6.15 Å². The van der Waals surface area contributed by atoms with E-state index in [0.717, 1.165) is 8.97 Å². The quantitative estimate of drug-likeness (QED) is 0.383. The summed E-state index contributed by atoms with van der Waals surface area (Å²) in [6.45, 7) is 2.62. The normalized spacial score (nSPS) is 10.3. The standard InChI is InChI=1S/C12H30N2.3ClH.H3N/c1-13(2,3)11-9-7-8-10-12-14(4,5)6;;;;/h7-12H2,1-6H3;3*1H;1H3/q+2;;;;/p-2. The summed E-state index contributed by atoms with van der Waals surface area (Å²) in [5.41, 5.74) is 0. The molecule has 0 saturated heterocycles. The number of rotatable bonds is 7. The largest absolute Gasteiger partial charge is 1.00 e. The molecule has 3 nitrogen and oxygen atoms in total. The highest BCUT2D eigenvalue weighted by molar-refractivity contribution is 5.85. The Hall–Kier alpha value is 0.750. The molecule has 0 atom stereocenters. The van der Waals surface area contributed by atoms with Gasteiger partial charge in [-0.1, -0.05) is 0 Å². The molecule has 0 saturated carbocycles. The van der Waals surface area contributed by atoms with E-state index in [1.807, 2.05) is 0 Å². The lowest BCUT2D eigenvalue weighted by Gasteiger charge is -2.25. The van der Waals surface area contributed by atoms with Crippen LogP contribution in [0, 0.1) is 0 Å². The third kappa shape index (κ3) is 30.1. The maximum Gasteiger partial charge on any atom is 0.0780 e. The van der Waals surface area contributed by atoms with Crippen molar-refractivity contribution >= 4 is 12.4 Å². The third-order valence-corrected chi connectivity index (χ3v) is 2.41. The molecule has 0 aromatic carbocycles. The van der Waals surface area contributed by atoms with Crippen molar-refractivity contribution in [2.45, 2.75) is 25.7 Å². The highest BCUT2D eigenvalue weighted by Gasteiger charge is 2.07. The molecule has 0 aliphatic carbocycles. The highest BCUT2D eigenvalue weighted by Crippen LogP contribution is 2.05. The zero-order chi connectivity index (χ0) is 11.2. The van der Waals surface area contributed by atoms with Crippen LogP contribution in [-0.4, -0.2) is 64.3 Å². The first kappa shape index (κ1) is 31.2. The molecule has 0 aromatic rings. The van der Waals surface area contributed by atoms with Crippen LogP contribution < -0.4 is 31.0 Å². The van der Waals surface area contributed by atoms with Gasteiger partial charge in [-0.05, 0) is 25.7 Å². The third-order valence-electron chi connectivity index (χ3n) is 2.41. The SMILES string of the molecule is C[N+](C)(C)CCCCCC[N+](C)(C)C.Cl.N.[Cl-].[Cl-]. The number of unbranched alkanes of at least 4 members (excludes halogenated alkanes) is 3. The van der Waals surface area contributed by atoms with Crippen LogP contribution in [0.15, 0.2) is 0 Å². The average Bonchev–Trinajstić information content (AvgIpc) is 1.92. The minimum Gasteiger partial charge on any atom is -1.00 e. The van der Waals surface area contributed by atoms with Crippen LogP contribution in [0.5, 0.6) is 0 Å². The Morgan fingerprint density at radius 3 is 0.944 bits per heavy atom. The number of hydrogen-bond donors (Lipinski definition) is 1. The predicted molar refractivity (Wildman–Crippen MR) is 76.5 cm³/mol. The van der Waals surface area contributed by atoms with E-state index in [-0.39, 0.29) is 43.4 Å². The molecule has 0 amide bonds. The van der Waals surface area contributed by atoms with E-state index in [1.54, 1.807) is 0 Å². The summed E-state index contributed by atoms with van der Waals surface area (Å²) in [7, 11) is 13.6. The first-order chi connectivity index (χ1) is 6.21. The number of quaternary nitrogens is 2. The van der Waals surface area contributed by atoms with Gasteiger partial charge in [0.1, 0.15) is 0 Å². The zero-order valence-corrected chi connectivity index (χ0v) is 15.3. The number of halogens is 3. The van der Waals surface area contributed by atoms with Gasteiger partial charge in [-0.25, -0.2) is 0 Å². The molecule has 0 unspecified atom stereocenters. The first-order valence-corrected chi connectivity index (χ1v) is 5.82. The molecule has 118 valence electrons. The lowest BCUT2D eigenvalue weighted by molar-refractivity contribution is -0.871. The molecule has 3 N–H and O–H groups in total. The van der Waals surface area contributed by atoms with Crippen LogP contribution in [0.2, 0.25) is 0 Å². The van der Waals surface area contributed by atoms with Crippen LogP contribution in [0.1, 0.15) is 25.7 Å². The van der Waals surface area contributed by atoms with E-state index in [9.17, 15) is 0 Å². The fourth-order valence-corrected chi connectivity index (χ4v) is 1.53. The Bertz CT molecular complexity index is 136. The Balaban J connectivity index is -0.000000141. The van der Waals surface area contributed by atoms with Crippen LogP contribution in [0.4, 0.5) is 0 Å². The monoisotopic (exact) mass is 325 g/mol. The van der Waals surface area contributed by atoms with Gasteiger partial charge >= 0.3 is 0 Å². The molecule has 0 aromatic heterocycles. The maximum absolute atomic E-state index is 2.27. The summed E-state index contributed by atoms with van der Waals surface area (Å²) in [6.07, 6.45) is 5.55. The number of nitrogens with zero attached hydrogens (tertiary/aromatic N) is 2. The summed E-state index contributed by atoms with van der Waals surface area (Å²) in [6, 6.07) is 0. The summed E-state index contributed by atoms with van der Waals surface area (Å²) >= 11 is 0. The highest BCUT2D eigenvalue weighted by atomic mass is 35.5. The Morgan fingerprint density at radius 2 is 0.778 bits per heavy atom. The van der Waals surface area contributed by atoms with Gasteiger partial charge < -0.3 is 39.9 Å². The van der Waals surface area contributed by atoms with Crippen LogP contribution in [0.25, 0.3) is 0 Å². The predicted octanol–water partition coefficient (Wildman–Crippen LogP) is -3.45. The molecule has 0 fully saturated rings. The summed E-state index contributed by atoms with van der Waals surface area (Å²) in [4.78, 5) is 0. The molecular weight excluding hydrogens is 293 g/mol. The van der Waals surface area contributed by atoms with E-state index in [4.69, 9.17) is 0 Å². The average molecular weight is 327 g/mol. The van der Waals surface area contributed by atoms with Gasteiger partial charge in [0.05, 0.1) is 55.4 Å². The lowest BCUT2D eigenvalue weighted by Crippen LogP contribution is -3.00. The molecule has 6 heteroatoms. The van der Waals surface area contributed by atoms with Gasteiger partial charge in [-0.15, -0.1) is 12.4 Å². The fourth-order valence-electron chi connectivity index (χ4n) is 1.53. The van der Waals surface area contributed by atoms with Crippen molar-refractivity contribution in [3.8, 4) is 0 Å². The molecule has 0 heterocycles. The first-order valence-electron chi connectivity index (χ1n) is 5.82. The van der Waals surface area contributed by atoms with Gasteiger partial charge in [0.25, 0.3) is 0 Å². The van der Waals surface area contributed by atoms with Crippen molar-refractivity contribution in [3.63, 3.8) is 0 Å². The van der Waals surface area contributed by atoms with E-state index in [0.29, 0.717) is 0 Å². The molecule has 0 spiro atoms. The van der Waals surface area contributed by atoms with Crippen LogP contribution >= 0.6 is 12.4 Å². The summed E-state index contributed by atoms with van der Waals surface area (Å²) in [5, 5.41) is 0. The van der Waals surface area contributed by atoms with Crippen LogP contribution in [0.3, 0.4) is 0 Å². The second-order valence-electron chi connectivity index (χ2n) is 6.44. The van der Waals surface area contributed by atoms with Gasteiger partial charge in [-0.3, -0.25) is 0 Å². The van der Waals surface area contributed by atoms with Gasteiger partial charge in [0.2, 0.25) is 0 Å². The van der Waals surface area contributed by atoms with Gasteiger partial charge in [0, 0.05) is 0 Å². The minimum absolute atomic E-state index is 0. The Labute approximate surface area is 133 Å². The Morgan fingerprint density at radius 1 is 0.556 bits per heavy atom. The van der Waals surface area contributed by atoms with E-state index in [1.165, 1.54) is 38.8 Å². The zero-order valence-electron chi connectivity index (χ0n) is 13.0. The van der Waals surface area contributed by atoms with Gasteiger partial charge in [0.15, 0.2) is 0 Å². The van der Waals surface area contributed by atoms with Crippen molar-refractivity contribution in [3.05, 3.63) is 0 Å². The summed E-state index contributed by atoms with van der Waals surface area (Å²) < 4.78 is 2.21. The smallest absolute Gasteiger partial charge is 0.0780 e. The number of hydrogen-bond acceptors (Lipinski definition) is 1. The Kier molecular flexibility index (Phi) is 24.6. The van der Waals surface area contributed by atoms with Crippen molar-refractivity contribution in [1.29, 1.82) is 0 Å². The molecule has 0 aliphatic heterocycles. The van der Waals surface area contributed by atoms with Crippen molar-refractivity contribution in [2.75, 3.05) is 55.4 Å². The topological polar surface area (TPSA) is 35.0 Å². The second kappa shape index (κ2) is 14.2.